The summed E-state index contributed by atoms with van der Waals surface area (Å²) in [4.78, 5) is 4.54. The molecule has 0 spiro atoms. The number of aliphatic hydroxyl groups is 1. The normalized spacial score (nSPS) is 12.6. The van der Waals surface area contributed by atoms with Gasteiger partial charge in [-0.1, -0.05) is 24.3 Å². The highest BCUT2D eigenvalue weighted by Gasteiger charge is 2.12. The number of aromatic nitrogens is 1. The number of hydrogen-bond donors (Lipinski definition) is 3. The van der Waals surface area contributed by atoms with Crippen LogP contribution in [0.15, 0.2) is 59.7 Å². The molecular weight excluding hydrogens is 392 g/mol. The molecule has 0 aliphatic heterocycles. The molecule has 7 heteroatoms. The van der Waals surface area contributed by atoms with Crippen molar-refractivity contribution in [1.82, 2.24) is 15.2 Å². The third-order valence-corrected chi connectivity index (χ3v) is 5.11. The molecule has 1 heterocycles. The standard InChI is InChI=1S/C24H32N4O3/c1-4-25-24(26-13-7-14-28-15-12-18-8-5-6-9-20(18)28)27-17-21(29)19-10-11-22(30-2)23(16-19)31-3/h5-6,8-12,15-16,21,29H,4,7,13-14,17H2,1-3H3,(H2,25,26,27). The summed E-state index contributed by atoms with van der Waals surface area (Å²) in [5.74, 6) is 1.91. The first-order chi connectivity index (χ1) is 15.2. The maximum atomic E-state index is 10.6. The summed E-state index contributed by atoms with van der Waals surface area (Å²) < 4.78 is 12.8. The molecule has 1 atom stereocenters. The van der Waals surface area contributed by atoms with Gasteiger partial charge in [0.15, 0.2) is 17.5 Å². The lowest BCUT2D eigenvalue weighted by atomic mass is 10.1. The van der Waals surface area contributed by atoms with E-state index in [2.05, 4.69) is 56.7 Å². The Morgan fingerprint density at radius 3 is 2.65 bits per heavy atom. The van der Waals surface area contributed by atoms with Crippen LogP contribution in [0.5, 0.6) is 11.5 Å². The fourth-order valence-corrected chi connectivity index (χ4v) is 3.48. The Morgan fingerprint density at radius 2 is 1.87 bits per heavy atom. The number of aliphatic imine (C=N–C) groups is 1. The molecule has 0 radical (unpaired) electrons. The first-order valence-electron chi connectivity index (χ1n) is 10.6. The van der Waals surface area contributed by atoms with Crippen molar-refractivity contribution in [3.63, 3.8) is 0 Å². The number of guanidine groups is 1. The van der Waals surface area contributed by atoms with E-state index in [-0.39, 0.29) is 6.54 Å². The van der Waals surface area contributed by atoms with Gasteiger partial charge >= 0.3 is 0 Å². The molecule has 31 heavy (non-hydrogen) atoms. The van der Waals surface area contributed by atoms with E-state index in [9.17, 15) is 5.11 Å². The van der Waals surface area contributed by atoms with E-state index in [0.717, 1.165) is 31.6 Å². The van der Waals surface area contributed by atoms with Crippen molar-refractivity contribution in [2.45, 2.75) is 26.0 Å². The van der Waals surface area contributed by atoms with Crippen LogP contribution >= 0.6 is 0 Å². The van der Waals surface area contributed by atoms with Gasteiger partial charge in [0, 0.05) is 31.3 Å². The molecule has 0 bridgehead atoms. The second-order valence-electron chi connectivity index (χ2n) is 7.20. The molecular formula is C24H32N4O3. The van der Waals surface area contributed by atoms with E-state index in [1.807, 2.05) is 13.0 Å². The van der Waals surface area contributed by atoms with Crippen molar-refractivity contribution in [3.05, 3.63) is 60.3 Å². The van der Waals surface area contributed by atoms with E-state index in [1.54, 1.807) is 26.4 Å². The monoisotopic (exact) mass is 424 g/mol. The predicted octanol–water partition coefficient (Wildman–Crippen LogP) is 3.34. The van der Waals surface area contributed by atoms with Crippen LogP contribution in [0.25, 0.3) is 10.9 Å². The topological polar surface area (TPSA) is 80.0 Å². The Hall–Kier alpha value is -3.19. The molecule has 3 aromatic rings. The van der Waals surface area contributed by atoms with Crippen LogP contribution < -0.4 is 20.1 Å². The zero-order valence-corrected chi connectivity index (χ0v) is 18.5. The maximum absolute atomic E-state index is 10.6. The third kappa shape index (κ3) is 5.92. The minimum absolute atomic E-state index is 0.243. The number of hydrogen-bond acceptors (Lipinski definition) is 4. The second kappa shape index (κ2) is 11.3. The van der Waals surface area contributed by atoms with Crippen LogP contribution in [-0.2, 0) is 6.54 Å². The van der Waals surface area contributed by atoms with Gasteiger partial charge < -0.3 is 29.8 Å². The average molecular weight is 425 g/mol. The molecule has 0 aliphatic carbocycles. The number of aliphatic hydroxyl groups excluding tert-OH is 1. The highest BCUT2D eigenvalue weighted by Crippen LogP contribution is 2.30. The lowest BCUT2D eigenvalue weighted by Crippen LogP contribution is -2.38. The van der Waals surface area contributed by atoms with Crippen molar-refractivity contribution in [1.29, 1.82) is 0 Å². The van der Waals surface area contributed by atoms with Gasteiger partial charge in [-0.2, -0.15) is 0 Å². The summed E-state index contributed by atoms with van der Waals surface area (Å²) >= 11 is 0. The van der Waals surface area contributed by atoms with Crippen molar-refractivity contribution in [3.8, 4) is 11.5 Å². The molecule has 166 valence electrons. The zero-order valence-electron chi connectivity index (χ0n) is 18.5. The maximum Gasteiger partial charge on any atom is 0.191 e. The van der Waals surface area contributed by atoms with Gasteiger partial charge in [-0.3, -0.25) is 4.99 Å². The summed E-state index contributed by atoms with van der Waals surface area (Å²) in [6, 6.07) is 15.9. The minimum Gasteiger partial charge on any atom is -0.493 e. The van der Waals surface area contributed by atoms with E-state index in [0.29, 0.717) is 17.5 Å². The Balaban J connectivity index is 1.53. The predicted molar refractivity (Wildman–Crippen MR) is 125 cm³/mol. The Morgan fingerprint density at radius 1 is 1.06 bits per heavy atom. The van der Waals surface area contributed by atoms with Gasteiger partial charge in [-0.05, 0) is 48.6 Å². The fourth-order valence-electron chi connectivity index (χ4n) is 3.48. The third-order valence-electron chi connectivity index (χ3n) is 5.11. The van der Waals surface area contributed by atoms with Crippen molar-refractivity contribution < 1.29 is 14.6 Å². The second-order valence-corrected chi connectivity index (χ2v) is 7.20. The van der Waals surface area contributed by atoms with Crippen LogP contribution in [-0.4, -0.2) is 49.5 Å². The molecule has 3 N–H and O–H groups in total. The number of rotatable bonds is 10. The number of benzene rings is 2. The molecule has 0 saturated heterocycles. The van der Waals surface area contributed by atoms with Crippen molar-refractivity contribution in [2.24, 2.45) is 4.99 Å². The smallest absolute Gasteiger partial charge is 0.191 e. The number of para-hydroxylation sites is 1. The molecule has 0 amide bonds. The molecule has 0 fully saturated rings. The SMILES string of the molecule is CCNC(=NCC(O)c1ccc(OC)c(OC)c1)NCCCn1ccc2ccccc21. The Bertz CT molecular complexity index is 999. The van der Waals surface area contributed by atoms with Crippen LogP contribution in [0.1, 0.15) is 25.0 Å². The largest absolute Gasteiger partial charge is 0.493 e. The highest BCUT2D eigenvalue weighted by molar-refractivity contribution is 5.80. The summed E-state index contributed by atoms with van der Waals surface area (Å²) in [6.45, 7) is 4.72. The van der Waals surface area contributed by atoms with Crippen molar-refractivity contribution >= 4 is 16.9 Å². The van der Waals surface area contributed by atoms with Gasteiger partial charge in [-0.25, -0.2) is 0 Å². The number of methoxy groups -OCH3 is 2. The van der Waals surface area contributed by atoms with E-state index in [4.69, 9.17) is 9.47 Å². The van der Waals surface area contributed by atoms with Gasteiger partial charge in [0.25, 0.3) is 0 Å². The first kappa shape index (κ1) is 22.5. The van der Waals surface area contributed by atoms with Gasteiger partial charge in [0.05, 0.1) is 26.9 Å². The number of nitrogens with one attached hydrogen (secondary N) is 2. The van der Waals surface area contributed by atoms with Crippen LogP contribution in [0, 0.1) is 0 Å². The first-order valence-corrected chi connectivity index (χ1v) is 10.6. The molecule has 1 unspecified atom stereocenters. The Kier molecular flexibility index (Phi) is 8.18. The quantitative estimate of drug-likeness (QED) is 0.264. The number of ether oxygens (including phenoxy) is 2. The molecule has 1 aromatic heterocycles. The lowest BCUT2D eigenvalue weighted by Gasteiger charge is -2.15. The lowest BCUT2D eigenvalue weighted by molar-refractivity contribution is 0.186. The summed E-state index contributed by atoms with van der Waals surface area (Å²) in [5.41, 5.74) is 1.98. The summed E-state index contributed by atoms with van der Waals surface area (Å²) in [5, 5.41) is 18.4. The number of fused-ring (bicyclic) bond motifs is 1. The zero-order chi connectivity index (χ0) is 22.1. The average Bonchev–Trinajstić information content (AvgIpc) is 3.22. The Labute approximate surface area is 183 Å². The number of nitrogens with zero attached hydrogens (tertiary/aromatic N) is 2. The van der Waals surface area contributed by atoms with E-state index in [1.165, 1.54) is 10.9 Å². The summed E-state index contributed by atoms with van der Waals surface area (Å²) in [7, 11) is 3.17. The fraction of sp³-hybridized carbons (Fsp3) is 0.375. The molecule has 0 aliphatic rings. The van der Waals surface area contributed by atoms with Crippen molar-refractivity contribution in [2.75, 3.05) is 33.9 Å². The van der Waals surface area contributed by atoms with Gasteiger partial charge in [0.2, 0.25) is 0 Å². The molecule has 3 rings (SSSR count). The molecule has 0 saturated carbocycles. The van der Waals surface area contributed by atoms with Gasteiger partial charge in [0.1, 0.15) is 0 Å². The van der Waals surface area contributed by atoms with Crippen LogP contribution in [0.4, 0.5) is 0 Å². The minimum atomic E-state index is -0.735. The molecule has 7 nitrogen and oxygen atoms in total. The molecule has 2 aromatic carbocycles. The van der Waals surface area contributed by atoms with Crippen LogP contribution in [0.3, 0.4) is 0 Å². The van der Waals surface area contributed by atoms with E-state index < -0.39 is 6.10 Å². The van der Waals surface area contributed by atoms with E-state index >= 15 is 0 Å². The summed E-state index contributed by atoms with van der Waals surface area (Å²) in [6.07, 6.45) is 2.35. The highest BCUT2D eigenvalue weighted by atomic mass is 16.5. The number of aryl methyl sites for hydroxylation is 1. The van der Waals surface area contributed by atoms with Crippen LogP contribution in [0.2, 0.25) is 0 Å². The van der Waals surface area contributed by atoms with Gasteiger partial charge in [-0.15, -0.1) is 0 Å².